The van der Waals surface area contributed by atoms with Gasteiger partial charge in [-0.05, 0) is 43.7 Å². The second-order valence-electron chi connectivity index (χ2n) is 5.06. The standard InChI is InChI=1S/C18H23NS/c1-4-15-6-5-7-16(12-15)18(19-3)13-20-17-10-8-14(2)9-11-17/h5-12,18-19H,4,13H2,1-3H3. The minimum Gasteiger partial charge on any atom is -0.312 e. The zero-order valence-corrected chi connectivity index (χ0v) is 13.3. The molecule has 0 saturated carbocycles. The summed E-state index contributed by atoms with van der Waals surface area (Å²) in [4.78, 5) is 1.34. The van der Waals surface area contributed by atoms with E-state index in [-0.39, 0.29) is 0 Å². The molecule has 2 rings (SSSR count). The maximum absolute atomic E-state index is 3.43. The summed E-state index contributed by atoms with van der Waals surface area (Å²) >= 11 is 1.91. The fraction of sp³-hybridized carbons (Fsp3) is 0.333. The Labute approximate surface area is 126 Å². The first-order valence-corrected chi connectivity index (χ1v) is 8.17. The summed E-state index contributed by atoms with van der Waals surface area (Å²) in [6.07, 6.45) is 1.09. The summed E-state index contributed by atoms with van der Waals surface area (Å²) in [6, 6.07) is 18.0. The molecule has 1 N–H and O–H groups in total. The quantitative estimate of drug-likeness (QED) is 0.778. The van der Waals surface area contributed by atoms with Gasteiger partial charge in [-0.2, -0.15) is 0 Å². The molecular weight excluding hydrogens is 262 g/mol. The SMILES string of the molecule is CCc1cccc(C(CSc2ccc(C)cc2)NC)c1. The molecule has 1 unspecified atom stereocenters. The van der Waals surface area contributed by atoms with E-state index in [0.29, 0.717) is 6.04 Å². The van der Waals surface area contributed by atoms with Gasteiger partial charge in [-0.15, -0.1) is 11.8 Å². The van der Waals surface area contributed by atoms with Crippen molar-refractivity contribution in [3.63, 3.8) is 0 Å². The molecule has 0 aliphatic carbocycles. The van der Waals surface area contributed by atoms with Gasteiger partial charge in [0.25, 0.3) is 0 Å². The first-order chi connectivity index (χ1) is 9.72. The van der Waals surface area contributed by atoms with E-state index < -0.39 is 0 Å². The van der Waals surface area contributed by atoms with Crippen LogP contribution in [0.3, 0.4) is 0 Å². The van der Waals surface area contributed by atoms with E-state index in [9.17, 15) is 0 Å². The van der Waals surface area contributed by atoms with Crippen LogP contribution in [0.5, 0.6) is 0 Å². The molecule has 0 aliphatic heterocycles. The Hall–Kier alpha value is -1.25. The molecule has 0 aromatic heterocycles. The van der Waals surface area contributed by atoms with Crippen molar-refractivity contribution in [1.29, 1.82) is 0 Å². The van der Waals surface area contributed by atoms with Crippen LogP contribution in [0.25, 0.3) is 0 Å². The molecule has 0 bridgehead atoms. The van der Waals surface area contributed by atoms with E-state index in [0.717, 1.165) is 12.2 Å². The molecule has 2 aromatic carbocycles. The number of nitrogens with one attached hydrogen (secondary N) is 1. The van der Waals surface area contributed by atoms with Gasteiger partial charge in [0.05, 0.1) is 0 Å². The third kappa shape index (κ3) is 4.12. The van der Waals surface area contributed by atoms with E-state index >= 15 is 0 Å². The van der Waals surface area contributed by atoms with Crippen LogP contribution in [0.4, 0.5) is 0 Å². The van der Waals surface area contributed by atoms with E-state index in [4.69, 9.17) is 0 Å². The number of thioether (sulfide) groups is 1. The van der Waals surface area contributed by atoms with Crippen molar-refractivity contribution in [3.8, 4) is 0 Å². The lowest BCUT2D eigenvalue weighted by Gasteiger charge is -2.17. The lowest BCUT2D eigenvalue weighted by Crippen LogP contribution is -2.18. The Morgan fingerprint density at radius 3 is 2.50 bits per heavy atom. The molecule has 0 spiro atoms. The minimum atomic E-state index is 0.396. The smallest absolute Gasteiger partial charge is 0.0413 e. The number of hydrogen-bond acceptors (Lipinski definition) is 2. The molecule has 2 heteroatoms. The van der Waals surface area contributed by atoms with Crippen molar-refractivity contribution in [2.45, 2.75) is 31.2 Å². The van der Waals surface area contributed by atoms with Gasteiger partial charge < -0.3 is 5.32 Å². The second kappa shape index (κ2) is 7.51. The molecule has 1 nitrogen and oxygen atoms in total. The Bertz CT molecular complexity index is 533. The zero-order valence-electron chi connectivity index (χ0n) is 12.5. The van der Waals surface area contributed by atoms with Crippen molar-refractivity contribution in [2.75, 3.05) is 12.8 Å². The van der Waals surface area contributed by atoms with Crippen LogP contribution in [-0.4, -0.2) is 12.8 Å². The fourth-order valence-electron chi connectivity index (χ4n) is 2.19. The Morgan fingerprint density at radius 2 is 1.85 bits per heavy atom. The third-order valence-corrected chi connectivity index (χ3v) is 4.65. The van der Waals surface area contributed by atoms with Gasteiger partial charge in [-0.1, -0.05) is 48.9 Å². The van der Waals surface area contributed by atoms with E-state index in [1.165, 1.54) is 21.6 Å². The summed E-state index contributed by atoms with van der Waals surface area (Å²) in [7, 11) is 2.04. The van der Waals surface area contributed by atoms with E-state index in [1.54, 1.807) is 0 Å². The minimum absolute atomic E-state index is 0.396. The highest BCUT2D eigenvalue weighted by atomic mass is 32.2. The van der Waals surface area contributed by atoms with Crippen LogP contribution >= 0.6 is 11.8 Å². The summed E-state index contributed by atoms with van der Waals surface area (Å²) in [5.74, 6) is 1.05. The van der Waals surface area contributed by atoms with Crippen LogP contribution < -0.4 is 5.32 Å². The van der Waals surface area contributed by atoms with Gasteiger partial charge in [-0.3, -0.25) is 0 Å². The lowest BCUT2D eigenvalue weighted by molar-refractivity contribution is 0.661. The molecule has 0 heterocycles. The monoisotopic (exact) mass is 285 g/mol. The molecule has 2 aromatic rings. The number of benzene rings is 2. The normalized spacial score (nSPS) is 12.3. The number of hydrogen-bond donors (Lipinski definition) is 1. The Morgan fingerprint density at radius 1 is 1.10 bits per heavy atom. The zero-order chi connectivity index (χ0) is 14.4. The average Bonchev–Trinajstić information content (AvgIpc) is 2.50. The van der Waals surface area contributed by atoms with Crippen LogP contribution in [0, 0.1) is 6.92 Å². The van der Waals surface area contributed by atoms with Gasteiger partial charge in [0.15, 0.2) is 0 Å². The predicted octanol–water partition coefficient (Wildman–Crippen LogP) is 4.61. The van der Waals surface area contributed by atoms with Gasteiger partial charge in [0, 0.05) is 16.7 Å². The maximum atomic E-state index is 3.43. The highest BCUT2D eigenvalue weighted by Crippen LogP contribution is 2.25. The highest BCUT2D eigenvalue weighted by Gasteiger charge is 2.10. The Balaban J connectivity index is 2.03. The summed E-state index contributed by atoms with van der Waals surface area (Å²) in [5, 5.41) is 3.43. The summed E-state index contributed by atoms with van der Waals surface area (Å²) in [6.45, 7) is 4.33. The van der Waals surface area contributed by atoms with E-state index in [1.807, 2.05) is 18.8 Å². The van der Waals surface area contributed by atoms with Crippen LogP contribution in [0.1, 0.15) is 29.7 Å². The van der Waals surface area contributed by atoms with Gasteiger partial charge >= 0.3 is 0 Å². The van der Waals surface area contributed by atoms with Crippen molar-refractivity contribution >= 4 is 11.8 Å². The molecule has 0 amide bonds. The van der Waals surface area contributed by atoms with Crippen LogP contribution in [-0.2, 0) is 6.42 Å². The Kier molecular flexibility index (Phi) is 5.69. The molecule has 20 heavy (non-hydrogen) atoms. The summed E-state index contributed by atoms with van der Waals surface area (Å²) < 4.78 is 0. The van der Waals surface area contributed by atoms with Gasteiger partial charge in [-0.25, -0.2) is 0 Å². The molecular formula is C18H23NS. The first-order valence-electron chi connectivity index (χ1n) is 7.18. The molecule has 106 valence electrons. The third-order valence-electron chi connectivity index (χ3n) is 3.55. The topological polar surface area (TPSA) is 12.0 Å². The van der Waals surface area contributed by atoms with Gasteiger partial charge in [0.1, 0.15) is 0 Å². The summed E-state index contributed by atoms with van der Waals surface area (Å²) in [5.41, 5.74) is 4.10. The second-order valence-corrected chi connectivity index (χ2v) is 6.16. The maximum Gasteiger partial charge on any atom is 0.0413 e. The van der Waals surface area contributed by atoms with Crippen molar-refractivity contribution in [3.05, 3.63) is 65.2 Å². The average molecular weight is 285 g/mol. The van der Waals surface area contributed by atoms with Crippen LogP contribution in [0.2, 0.25) is 0 Å². The first kappa shape index (κ1) is 15.1. The molecule has 0 radical (unpaired) electrons. The fourth-order valence-corrected chi connectivity index (χ4v) is 3.24. The lowest BCUT2D eigenvalue weighted by atomic mass is 10.0. The number of aryl methyl sites for hydroxylation is 2. The largest absolute Gasteiger partial charge is 0.312 e. The van der Waals surface area contributed by atoms with Crippen molar-refractivity contribution in [2.24, 2.45) is 0 Å². The van der Waals surface area contributed by atoms with Crippen LogP contribution in [0.15, 0.2) is 53.4 Å². The van der Waals surface area contributed by atoms with Crippen molar-refractivity contribution < 1.29 is 0 Å². The highest BCUT2D eigenvalue weighted by molar-refractivity contribution is 7.99. The van der Waals surface area contributed by atoms with E-state index in [2.05, 4.69) is 67.7 Å². The van der Waals surface area contributed by atoms with Gasteiger partial charge in [0.2, 0.25) is 0 Å². The predicted molar refractivity (Wildman–Crippen MR) is 89.5 cm³/mol. The number of rotatable bonds is 6. The van der Waals surface area contributed by atoms with Crippen molar-refractivity contribution in [1.82, 2.24) is 5.32 Å². The molecule has 1 atom stereocenters. The molecule has 0 saturated heterocycles. The molecule has 0 aliphatic rings. The molecule has 0 fully saturated rings.